The number of rotatable bonds is 7. The quantitative estimate of drug-likeness (QED) is 0.331. The maximum Gasteiger partial charge on any atom is 0.251 e. The summed E-state index contributed by atoms with van der Waals surface area (Å²) in [4.78, 5) is 20.2. The van der Waals surface area contributed by atoms with E-state index in [9.17, 15) is 4.79 Å². The number of pyridine rings is 1. The maximum atomic E-state index is 11.7. The Morgan fingerprint density at radius 2 is 1.85 bits per heavy atom. The monoisotopic (exact) mass is 467 g/mol. The van der Waals surface area contributed by atoms with Crippen LogP contribution in [0.3, 0.4) is 0 Å². The first-order valence-corrected chi connectivity index (χ1v) is 8.38. The van der Waals surface area contributed by atoms with Gasteiger partial charge in [-0.1, -0.05) is 18.2 Å². The molecule has 1 amide bonds. The summed E-state index contributed by atoms with van der Waals surface area (Å²) < 4.78 is 0. The third-order valence-corrected chi connectivity index (χ3v) is 3.75. The smallest absolute Gasteiger partial charge is 0.251 e. The normalized spacial score (nSPS) is 10.6. The van der Waals surface area contributed by atoms with Crippen LogP contribution in [0, 0.1) is 0 Å². The average Bonchev–Trinajstić information content (AvgIpc) is 2.67. The zero-order valence-electron chi connectivity index (χ0n) is 15.2. The number of carbonyl (C=O) groups is 1. The molecular weight excluding hydrogens is 441 g/mol. The summed E-state index contributed by atoms with van der Waals surface area (Å²) in [6.07, 6.45) is 3.46. The molecule has 1 heterocycles. The van der Waals surface area contributed by atoms with Crippen LogP contribution in [0.5, 0.6) is 0 Å². The van der Waals surface area contributed by atoms with Crippen LogP contribution >= 0.6 is 24.0 Å². The van der Waals surface area contributed by atoms with Crippen molar-refractivity contribution in [2.75, 3.05) is 27.2 Å². The van der Waals surface area contributed by atoms with E-state index in [1.54, 1.807) is 20.3 Å². The molecule has 0 radical (unpaired) electrons. The van der Waals surface area contributed by atoms with Gasteiger partial charge in [0.2, 0.25) is 0 Å². The van der Waals surface area contributed by atoms with Gasteiger partial charge in [-0.2, -0.15) is 0 Å². The van der Waals surface area contributed by atoms with E-state index >= 15 is 0 Å². The second-order valence-electron chi connectivity index (χ2n) is 5.53. The molecule has 7 heteroatoms. The minimum Gasteiger partial charge on any atom is -0.356 e. The summed E-state index contributed by atoms with van der Waals surface area (Å²) >= 11 is 0. The van der Waals surface area contributed by atoms with Crippen LogP contribution in [0.2, 0.25) is 0 Å². The summed E-state index contributed by atoms with van der Waals surface area (Å²) in [7, 11) is 3.39. The number of benzene rings is 1. The van der Waals surface area contributed by atoms with E-state index in [1.165, 1.54) is 0 Å². The molecule has 2 rings (SSSR count). The first kappa shape index (κ1) is 21.9. The van der Waals surface area contributed by atoms with Crippen LogP contribution in [0.1, 0.15) is 21.6 Å². The largest absolute Gasteiger partial charge is 0.356 e. The lowest BCUT2D eigenvalue weighted by molar-refractivity contribution is 0.0963. The number of halogens is 1. The van der Waals surface area contributed by atoms with Crippen LogP contribution in [0.4, 0.5) is 0 Å². The highest BCUT2D eigenvalue weighted by atomic mass is 127. The van der Waals surface area contributed by atoms with Gasteiger partial charge in [-0.3, -0.25) is 14.8 Å². The number of nitrogens with one attached hydrogen (secondary N) is 3. The molecule has 1 aromatic heterocycles. The molecule has 0 spiro atoms. The lowest BCUT2D eigenvalue weighted by Gasteiger charge is -2.12. The Kier molecular flexibility index (Phi) is 10.3. The molecule has 0 bridgehead atoms. The van der Waals surface area contributed by atoms with Gasteiger partial charge in [0.25, 0.3) is 5.91 Å². The van der Waals surface area contributed by atoms with E-state index in [0.29, 0.717) is 5.56 Å². The Morgan fingerprint density at radius 1 is 1.08 bits per heavy atom. The highest BCUT2D eigenvalue weighted by Crippen LogP contribution is 2.05. The average molecular weight is 467 g/mol. The van der Waals surface area contributed by atoms with Gasteiger partial charge >= 0.3 is 0 Å². The SMILES string of the molecule is CN=C(NCCc1cccc(C(=O)NC)c1)NCCc1ccccn1.I. The van der Waals surface area contributed by atoms with Crippen LogP contribution in [0.15, 0.2) is 53.7 Å². The van der Waals surface area contributed by atoms with Gasteiger partial charge in [-0.05, 0) is 36.2 Å². The van der Waals surface area contributed by atoms with Crippen LogP contribution in [-0.2, 0) is 12.8 Å². The number of aromatic nitrogens is 1. The molecule has 0 aliphatic carbocycles. The molecule has 2 aromatic rings. The van der Waals surface area contributed by atoms with Gasteiger partial charge in [-0.25, -0.2) is 0 Å². The van der Waals surface area contributed by atoms with E-state index < -0.39 is 0 Å². The van der Waals surface area contributed by atoms with E-state index in [2.05, 4.69) is 25.9 Å². The molecule has 0 aliphatic rings. The van der Waals surface area contributed by atoms with Gasteiger partial charge in [0.1, 0.15) is 0 Å². The number of carbonyl (C=O) groups excluding carboxylic acids is 1. The molecule has 140 valence electrons. The van der Waals surface area contributed by atoms with Crippen LogP contribution < -0.4 is 16.0 Å². The van der Waals surface area contributed by atoms with E-state index in [1.807, 2.05) is 42.5 Å². The summed E-state index contributed by atoms with van der Waals surface area (Å²) in [5, 5.41) is 9.20. The van der Waals surface area contributed by atoms with Crippen molar-refractivity contribution in [3.05, 3.63) is 65.5 Å². The van der Waals surface area contributed by atoms with Crippen molar-refractivity contribution < 1.29 is 4.79 Å². The molecule has 1 aromatic carbocycles. The Bertz CT molecular complexity index is 706. The van der Waals surface area contributed by atoms with Crippen molar-refractivity contribution in [1.29, 1.82) is 0 Å². The first-order valence-electron chi connectivity index (χ1n) is 8.38. The molecule has 26 heavy (non-hydrogen) atoms. The van der Waals surface area contributed by atoms with Crippen molar-refractivity contribution in [1.82, 2.24) is 20.9 Å². The van der Waals surface area contributed by atoms with Crippen molar-refractivity contribution in [2.24, 2.45) is 4.99 Å². The number of guanidine groups is 1. The predicted molar refractivity (Wildman–Crippen MR) is 116 cm³/mol. The van der Waals surface area contributed by atoms with Gasteiger partial charge in [0.05, 0.1) is 0 Å². The summed E-state index contributed by atoms with van der Waals surface area (Å²) in [5.41, 5.74) is 2.84. The molecule has 0 saturated heterocycles. The van der Waals surface area contributed by atoms with Gasteiger partial charge in [0.15, 0.2) is 5.96 Å². The van der Waals surface area contributed by atoms with E-state index in [-0.39, 0.29) is 29.9 Å². The number of hydrogen-bond donors (Lipinski definition) is 3. The molecular formula is C19H26IN5O. The van der Waals surface area contributed by atoms with Crippen LogP contribution in [-0.4, -0.2) is 44.0 Å². The third kappa shape index (κ3) is 7.38. The van der Waals surface area contributed by atoms with E-state index in [4.69, 9.17) is 0 Å². The van der Waals surface area contributed by atoms with Crippen molar-refractivity contribution in [3.63, 3.8) is 0 Å². The first-order chi connectivity index (χ1) is 12.2. The predicted octanol–water partition coefficient (Wildman–Crippen LogP) is 2.01. The maximum absolute atomic E-state index is 11.7. The van der Waals surface area contributed by atoms with Crippen molar-refractivity contribution in [2.45, 2.75) is 12.8 Å². The summed E-state index contributed by atoms with van der Waals surface area (Å²) in [5.74, 6) is 0.695. The standard InChI is InChI=1S/C19H25N5O.HI/c1-20-18(25)16-7-5-6-15(14-16)9-12-23-19(21-2)24-13-10-17-8-3-4-11-22-17;/h3-8,11,14H,9-10,12-13H2,1-2H3,(H,20,25)(H2,21,23,24);1H. The summed E-state index contributed by atoms with van der Waals surface area (Å²) in [6, 6.07) is 13.6. The van der Waals surface area contributed by atoms with E-state index in [0.717, 1.165) is 43.1 Å². The molecule has 0 unspecified atom stereocenters. The summed E-state index contributed by atoms with van der Waals surface area (Å²) in [6.45, 7) is 1.50. The lowest BCUT2D eigenvalue weighted by Crippen LogP contribution is -2.39. The highest BCUT2D eigenvalue weighted by Gasteiger charge is 2.04. The number of amides is 1. The molecule has 0 atom stereocenters. The second-order valence-corrected chi connectivity index (χ2v) is 5.53. The molecule has 0 saturated carbocycles. The zero-order valence-corrected chi connectivity index (χ0v) is 17.5. The topological polar surface area (TPSA) is 78.4 Å². The second kappa shape index (κ2) is 12.2. The fraction of sp³-hybridized carbons (Fsp3) is 0.316. The fourth-order valence-electron chi connectivity index (χ4n) is 2.41. The zero-order chi connectivity index (χ0) is 17.9. The molecule has 6 nitrogen and oxygen atoms in total. The molecule has 0 fully saturated rings. The third-order valence-electron chi connectivity index (χ3n) is 3.75. The van der Waals surface area contributed by atoms with Gasteiger partial charge in [-0.15, -0.1) is 24.0 Å². The molecule has 3 N–H and O–H groups in total. The Hall–Kier alpha value is -2.16. The van der Waals surface area contributed by atoms with Gasteiger partial charge in [0, 0.05) is 51.1 Å². The number of nitrogens with zero attached hydrogens (tertiary/aromatic N) is 2. The number of hydrogen-bond acceptors (Lipinski definition) is 3. The van der Waals surface area contributed by atoms with Crippen LogP contribution in [0.25, 0.3) is 0 Å². The minimum atomic E-state index is -0.0678. The number of aliphatic imine (C=N–C) groups is 1. The Labute approximate surface area is 171 Å². The lowest BCUT2D eigenvalue weighted by atomic mass is 10.1. The van der Waals surface area contributed by atoms with Crippen molar-refractivity contribution in [3.8, 4) is 0 Å². The Morgan fingerprint density at radius 3 is 2.50 bits per heavy atom. The Balaban J connectivity index is 0.00000338. The highest BCUT2D eigenvalue weighted by molar-refractivity contribution is 14.0. The molecule has 0 aliphatic heterocycles. The van der Waals surface area contributed by atoms with Crippen molar-refractivity contribution >= 4 is 35.8 Å². The minimum absolute atomic E-state index is 0. The fourth-order valence-corrected chi connectivity index (χ4v) is 2.41. The van der Waals surface area contributed by atoms with Gasteiger partial charge < -0.3 is 16.0 Å².